The van der Waals surface area contributed by atoms with E-state index in [9.17, 15) is 4.79 Å². The van der Waals surface area contributed by atoms with Gasteiger partial charge in [0.15, 0.2) is 5.76 Å². The Morgan fingerprint density at radius 3 is 2.71 bits per heavy atom. The molecular formula is C12H12N2O3. The summed E-state index contributed by atoms with van der Waals surface area (Å²) in [7, 11) is 0. The van der Waals surface area contributed by atoms with Crippen LogP contribution in [-0.2, 0) is 0 Å². The summed E-state index contributed by atoms with van der Waals surface area (Å²) in [4.78, 5) is 11.6. The molecule has 0 aliphatic rings. The third-order valence-corrected chi connectivity index (χ3v) is 2.17. The number of aryl methyl sites for hydroxylation is 1. The molecule has 0 radical (unpaired) electrons. The van der Waals surface area contributed by atoms with Gasteiger partial charge in [-0.25, -0.2) is 5.43 Å². The number of hydrogen-bond acceptors (Lipinski definition) is 4. The van der Waals surface area contributed by atoms with Crippen LogP contribution in [0.15, 0.2) is 44.5 Å². The summed E-state index contributed by atoms with van der Waals surface area (Å²) in [6.07, 6.45) is 1.55. The topological polar surface area (TPSA) is 67.7 Å². The normalized spacial score (nSPS) is 11.5. The lowest BCUT2D eigenvalue weighted by Crippen LogP contribution is -2.18. The molecule has 2 heterocycles. The predicted molar refractivity (Wildman–Crippen MR) is 61.8 cm³/mol. The fraction of sp³-hybridized carbons (Fsp3) is 0.167. The van der Waals surface area contributed by atoms with Gasteiger partial charge in [-0.2, -0.15) is 5.10 Å². The third kappa shape index (κ3) is 2.63. The zero-order valence-electron chi connectivity index (χ0n) is 9.56. The quantitative estimate of drug-likeness (QED) is 0.652. The first-order valence-corrected chi connectivity index (χ1v) is 5.12. The van der Waals surface area contributed by atoms with E-state index < -0.39 is 0 Å². The average molecular weight is 232 g/mol. The summed E-state index contributed by atoms with van der Waals surface area (Å²) in [6, 6.07) is 6.84. The van der Waals surface area contributed by atoms with E-state index >= 15 is 0 Å². The van der Waals surface area contributed by atoms with Crippen molar-refractivity contribution < 1.29 is 13.6 Å². The summed E-state index contributed by atoms with van der Waals surface area (Å²) in [5.74, 6) is 1.14. The maximum atomic E-state index is 11.6. The molecule has 88 valence electrons. The first kappa shape index (κ1) is 11.2. The molecule has 5 nitrogen and oxygen atoms in total. The molecule has 0 saturated carbocycles. The van der Waals surface area contributed by atoms with Crippen LogP contribution >= 0.6 is 0 Å². The van der Waals surface area contributed by atoms with Crippen molar-refractivity contribution in [3.05, 3.63) is 47.8 Å². The zero-order chi connectivity index (χ0) is 12.3. The van der Waals surface area contributed by atoms with Crippen LogP contribution in [0.3, 0.4) is 0 Å². The van der Waals surface area contributed by atoms with Gasteiger partial charge in [0.05, 0.1) is 6.26 Å². The molecule has 0 spiro atoms. The number of hydrogen-bond donors (Lipinski definition) is 1. The molecule has 1 N–H and O–H groups in total. The minimum absolute atomic E-state index is 0.235. The number of carbonyl (C=O) groups excluding carboxylic acids is 1. The highest BCUT2D eigenvalue weighted by Gasteiger charge is 2.09. The van der Waals surface area contributed by atoms with Crippen LogP contribution in [0, 0.1) is 6.92 Å². The Kier molecular flexibility index (Phi) is 3.09. The van der Waals surface area contributed by atoms with Crippen molar-refractivity contribution >= 4 is 11.6 Å². The van der Waals surface area contributed by atoms with E-state index in [0.29, 0.717) is 17.2 Å². The van der Waals surface area contributed by atoms with Crippen molar-refractivity contribution in [3.8, 4) is 0 Å². The van der Waals surface area contributed by atoms with E-state index in [-0.39, 0.29) is 11.7 Å². The van der Waals surface area contributed by atoms with E-state index in [1.807, 2.05) is 0 Å². The second-order valence-corrected chi connectivity index (χ2v) is 3.53. The smallest absolute Gasteiger partial charge is 0.307 e. The largest absolute Gasteiger partial charge is 0.463 e. The Balaban J connectivity index is 2.03. The molecule has 2 rings (SSSR count). The number of carbonyl (C=O) groups is 1. The summed E-state index contributed by atoms with van der Waals surface area (Å²) >= 11 is 0. The molecular weight excluding hydrogens is 220 g/mol. The first-order valence-electron chi connectivity index (χ1n) is 5.12. The summed E-state index contributed by atoms with van der Waals surface area (Å²) in [6.45, 7) is 3.51. The Hall–Kier alpha value is -2.30. The molecule has 0 aliphatic carbocycles. The number of furan rings is 2. The molecule has 0 aliphatic heterocycles. The molecule has 0 saturated heterocycles. The molecule has 2 aromatic heterocycles. The number of rotatable bonds is 3. The minimum Gasteiger partial charge on any atom is -0.463 e. The van der Waals surface area contributed by atoms with Gasteiger partial charge in [-0.3, -0.25) is 4.79 Å². The number of hydrazone groups is 1. The van der Waals surface area contributed by atoms with Crippen molar-refractivity contribution in [2.24, 2.45) is 5.10 Å². The standard InChI is InChI=1S/C12H12N2O3/c1-8-5-6-11(17-8)12(15)14-13-9(2)10-4-3-7-16-10/h3-7H,1-2H3,(H,14,15)/b13-9+. The Morgan fingerprint density at radius 1 is 1.29 bits per heavy atom. The molecule has 2 aromatic rings. The fourth-order valence-electron chi connectivity index (χ4n) is 1.29. The molecule has 0 bridgehead atoms. The van der Waals surface area contributed by atoms with Gasteiger partial charge >= 0.3 is 5.91 Å². The summed E-state index contributed by atoms with van der Waals surface area (Å²) < 4.78 is 10.3. The lowest BCUT2D eigenvalue weighted by Gasteiger charge is -1.98. The molecule has 17 heavy (non-hydrogen) atoms. The van der Waals surface area contributed by atoms with E-state index in [4.69, 9.17) is 8.83 Å². The molecule has 0 fully saturated rings. The van der Waals surface area contributed by atoms with Crippen LogP contribution in [0.25, 0.3) is 0 Å². The lowest BCUT2D eigenvalue weighted by molar-refractivity contribution is 0.0926. The predicted octanol–water partition coefficient (Wildman–Crippen LogP) is 2.34. The van der Waals surface area contributed by atoms with Crippen LogP contribution in [0.5, 0.6) is 0 Å². The van der Waals surface area contributed by atoms with Crippen LogP contribution < -0.4 is 5.43 Å². The van der Waals surface area contributed by atoms with Crippen molar-refractivity contribution in [3.63, 3.8) is 0 Å². The van der Waals surface area contributed by atoms with Crippen molar-refractivity contribution in [1.29, 1.82) is 0 Å². The van der Waals surface area contributed by atoms with E-state index in [0.717, 1.165) is 0 Å². The fourth-order valence-corrected chi connectivity index (χ4v) is 1.29. The van der Waals surface area contributed by atoms with Gasteiger partial charge in [-0.15, -0.1) is 0 Å². The number of nitrogens with one attached hydrogen (secondary N) is 1. The minimum atomic E-state index is -0.385. The van der Waals surface area contributed by atoms with Crippen LogP contribution in [0.2, 0.25) is 0 Å². The van der Waals surface area contributed by atoms with Crippen molar-refractivity contribution in [2.75, 3.05) is 0 Å². The van der Waals surface area contributed by atoms with E-state index in [1.165, 1.54) is 0 Å². The SMILES string of the molecule is C/C(=N\NC(=O)c1ccc(C)o1)c1ccco1. The molecule has 0 atom stereocenters. The Bertz CT molecular complexity index is 538. The van der Waals surface area contributed by atoms with E-state index in [1.54, 1.807) is 44.4 Å². The maximum Gasteiger partial charge on any atom is 0.307 e. The van der Waals surface area contributed by atoms with Gasteiger partial charge < -0.3 is 8.83 Å². The summed E-state index contributed by atoms with van der Waals surface area (Å²) in [5, 5.41) is 3.92. The van der Waals surface area contributed by atoms with Gasteiger partial charge in [0.25, 0.3) is 0 Å². The van der Waals surface area contributed by atoms with E-state index in [2.05, 4.69) is 10.5 Å². The summed E-state index contributed by atoms with van der Waals surface area (Å²) in [5.41, 5.74) is 2.99. The highest BCUT2D eigenvalue weighted by molar-refractivity contribution is 5.98. The monoisotopic (exact) mass is 232 g/mol. The average Bonchev–Trinajstić information content (AvgIpc) is 2.95. The second kappa shape index (κ2) is 4.69. The van der Waals surface area contributed by atoms with Gasteiger partial charge in [0, 0.05) is 0 Å². The van der Waals surface area contributed by atoms with Crippen molar-refractivity contribution in [2.45, 2.75) is 13.8 Å². The molecule has 5 heteroatoms. The molecule has 0 unspecified atom stereocenters. The van der Waals surface area contributed by atoms with Gasteiger partial charge in [0.2, 0.25) is 0 Å². The highest BCUT2D eigenvalue weighted by atomic mass is 16.4. The second-order valence-electron chi connectivity index (χ2n) is 3.53. The van der Waals surface area contributed by atoms with Crippen molar-refractivity contribution in [1.82, 2.24) is 5.43 Å². The van der Waals surface area contributed by atoms with Gasteiger partial charge in [0.1, 0.15) is 17.2 Å². The molecule has 0 aromatic carbocycles. The lowest BCUT2D eigenvalue weighted by atomic mass is 10.3. The first-order chi connectivity index (χ1) is 8.16. The molecule has 1 amide bonds. The van der Waals surface area contributed by atoms with Crippen LogP contribution in [-0.4, -0.2) is 11.6 Å². The number of amides is 1. The van der Waals surface area contributed by atoms with Gasteiger partial charge in [-0.05, 0) is 38.1 Å². The Labute approximate surface area is 98.1 Å². The maximum absolute atomic E-state index is 11.6. The van der Waals surface area contributed by atoms with Crippen LogP contribution in [0.1, 0.15) is 29.0 Å². The number of nitrogens with zero attached hydrogens (tertiary/aromatic N) is 1. The zero-order valence-corrected chi connectivity index (χ0v) is 9.56. The van der Waals surface area contributed by atoms with Crippen LogP contribution in [0.4, 0.5) is 0 Å². The Morgan fingerprint density at radius 2 is 2.12 bits per heavy atom. The van der Waals surface area contributed by atoms with Gasteiger partial charge in [-0.1, -0.05) is 0 Å². The highest BCUT2D eigenvalue weighted by Crippen LogP contribution is 2.06. The third-order valence-electron chi connectivity index (χ3n) is 2.17.